The molecule has 3 rings (SSSR count). The van der Waals surface area contributed by atoms with E-state index in [4.69, 9.17) is 0 Å². The van der Waals surface area contributed by atoms with E-state index in [1.807, 2.05) is 17.0 Å². The van der Waals surface area contributed by atoms with Gasteiger partial charge in [0.1, 0.15) is 4.60 Å². The quantitative estimate of drug-likeness (QED) is 0.778. The number of piperidine rings is 1. The van der Waals surface area contributed by atoms with Crippen LogP contribution in [0.5, 0.6) is 0 Å². The Balaban J connectivity index is 1.57. The lowest BCUT2D eigenvalue weighted by Gasteiger charge is -2.36. The average Bonchev–Trinajstić information content (AvgIpc) is 3.02. The van der Waals surface area contributed by atoms with Crippen molar-refractivity contribution in [3.63, 3.8) is 0 Å². The number of amides is 1. The molecule has 2 aliphatic heterocycles. The van der Waals surface area contributed by atoms with E-state index in [9.17, 15) is 4.79 Å². The third-order valence-corrected chi connectivity index (χ3v) is 4.85. The topological polar surface area (TPSA) is 36.4 Å². The van der Waals surface area contributed by atoms with Gasteiger partial charge >= 0.3 is 0 Å². The predicted molar refractivity (Wildman–Crippen MR) is 81.7 cm³/mol. The SMILES string of the molecule is O=C(c1ccc(Br)nc1)N1CCC(N2CCCC2)CC1. The molecular weight excluding hydrogens is 318 g/mol. The van der Waals surface area contributed by atoms with Crippen LogP contribution < -0.4 is 0 Å². The maximum atomic E-state index is 12.4. The predicted octanol–water partition coefficient (Wildman–Crippen LogP) is 2.54. The highest BCUT2D eigenvalue weighted by Gasteiger charge is 2.28. The Hall–Kier alpha value is -0.940. The van der Waals surface area contributed by atoms with Crippen molar-refractivity contribution < 1.29 is 4.79 Å². The number of nitrogens with zero attached hydrogens (tertiary/aromatic N) is 3. The Kier molecular flexibility index (Phi) is 4.36. The molecule has 1 aromatic rings. The second kappa shape index (κ2) is 6.22. The standard InChI is InChI=1S/C15H20BrN3O/c16-14-4-3-12(11-17-14)15(20)19-9-5-13(6-10-19)18-7-1-2-8-18/h3-4,11,13H,1-2,5-10H2. The van der Waals surface area contributed by atoms with Crippen LogP contribution in [-0.4, -0.2) is 52.9 Å². The molecule has 0 unspecified atom stereocenters. The highest BCUT2D eigenvalue weighted by Crippen LogP contribution is 2.22. The van der Waals surface area contributed by atoms with Gasteiger partial charge in [-0.25, -0.2) is 4.98 Å². The van der Waals surface area contributed by atoms with Crippen LogP contribution in [0.3, 0.4) is 0 Å². The van der Waals surface area contributed by atoms with Gasteiger partial charge in [0.05, 0.1) is 5.56 Å². The first-order valence-corrected chi connectivity index (χ1v) is 8.18. The fourth-order valence-electron chi connectivity index (χ4n) is 3.23. The maximum Gasteiger partial charge on any atom is 0.255 e. The fourth-order valence-corrected chi connectivity index (χ4v) is 3.46. The molecule has 0 N–H and O–H groups in total. The molecule has 2 saturated heterocycles. The van der Waals surface area contributed by atoms with Crippen molar-refractivity contribution in [2.45, 2.75) is 31.7 Å². The van der Waals surface area contributed by atoms with Gasteiger partial charge in [-0.1, -0.05) is 0 Å². The molecule has 2 fully saturated rings. The van der Waals surface area contributed by atoms with Crippen LogP contribution in [0.1, 0.15) is 36.0 Å². The number of halogens is 1. The first-order valence-electron chi connectivity index (χ1n) is 7.39. The third kappa shape index (κ3) is 3.04. The number of rotatable bonds is 2. The monoisotopic (exact) mass is 337 g/mol. The summed E-state index contributed by atoms with van der Waals surface area (Å²) in [5.41, 5.74) is 0.688. The molecule has 3 heterocycles. The Bertz CT molecular complexity index is 463. The highest BCUT2D eigenvalue weighted by molar-refractivity contribution is 9.10. The summed E-state index contributed by atoms with van der Waals surface area (Å²) in [6, 6.07) is 4.35. The van der Waals surface area contributed by atoms with Gasteiger partial charge in [0.15, 0.2) is 0 Å². The number of carbonyl (C=O) groups is 1. The lowest BCUT2D eigenvalue weighted by molar-refractivity contribution is 0.0644. The van der Waals surface area contributed by atoms with Crippen molar-refractivity contribution in [3.05, 3.63) is 28.5 Å². The van der Waals surface area contributed by atoms with Crippen molar-refractivity contribution in [1.29, 1.82) is 0 Å². The minimum atomic E-state index is 0.116. The smallest absolute Gasteiger partial charge is 0.255 e. The van der Waals surface area contributed by atoms with Crippen molar-refractivity contribution >= 4 is 21.8 Å². The number of carbonyl (C=O) groups excluding carboxylic acids is 1. The van der Waals surface area contributed by atoms with Crippen LogP contribution in [0, 0.1) is 0 Å². The van der Waals surface area contributed by atoms with Gasteiger partial charge in [-0.3, -0.25) is 4.79 Å². The summed E-state index contributed by atoms with van der Waals surface area (Å²) in [5, 5.41) is 0. The molecule has 108 valence electrons. The first-order chi connectivity index (χ1) is 9.74. The lowest BCUT2D eigenvalue weighted by atomic mass is 10.0. The number of hydrogen-bond acceptors (Lipinski definition) is 3. The molecule has 0 saturated carbocycles. The second-order valence-electron chi connectivity index (χ2n) is 5.64. The van der Waals surface area contributed by atoms with Crippen LogP contribution in [0.4, 0.5) is 0 Å². The molecule has 4 nitrogen and oxygen atoms in total. The van der Waals surface area contributed by atoms with E-state index in [0.29, 0.717) is 11.6 Å². The van der Waals surface area contributed by atoms with Gasteiger partial charge in [-0.15, -0.1) is 0 Å². The highest BCUT2D eigenvalue weighted by atomic mass is 79.9. The zero-order chi connectivity index (χ0) is 13.9. The van der Waals surface area contributed by atoms with E-state index in [2.05, 4.69) is 25.8 Å². The largest absolute Gasteiger partial charge is 0.338 e. The Morgan fingerprint density at radius 2 is 1.85 bits per heavy atom. The summed E-state index contributed by atoms with van der Waals surface area (Å²) >= 11 is 3.29. The normalized spacial score (nSPS) is 21.4. The summed E-state index contributed by atoms with van der Waals surface area (Å²) in [5.74, 6) is 0.116. The van der Waals surface area contributed by atoms with Gasteiger partial charge in [0, 0.05) is 25.3 Å². The van der Waals surface area contributed by atoms with Crippen molar-refractivity contribution in [2.75, 3.05) is 26.2 Å². The minimum absolute atomic E-state index is 0.116. The zero-order valence-corrected chi connectivity index (χ0v) is 13.2. The molecule has 2 aliphatic rings. The Morgan fingerprint density at radius 3 is 2.45 bits per heavy atom. The molecule has 0 aromatic carbocycles. The summed E-state index contributed by atoms with van der Waals surface area (Å²) in [4.78, 5) is 21.1. The molecule has 0 aliphatic carbocycles. The summed E-state index contributed by atoms with van der Waals surface area (Å²) < 4.78 is 0.766. The van der Waals surface area contributed by atoms with Crippen LogP contribution in [-0.2, 0) is 0 Å². The summed E-state index contributed by atoms with van der Waals surface area (Å²) in [6.45, 7) is 4.23. The zero-order valence-electron chi connectivity index (χ0n) is 11.6. The van der Waals surface area contributed by atoms with E-state index in [1.165, 1.54) is 25.9 Å². The fraction of sp³-hybridized carbons (Fsp3) is 0.600. The number of hydrogen-bond donors (Lipinski definition) is 0. The van der Waals surface area contributed by atoms with Crippen LogP contribution in [0.15, 0.2) is 22.9 Å². The summed E-state index contributed by atoms with van der Waals surface area (Å²) in [7, 11) is 0. The second-order valence-corrected chi connectivity index (χ2v) is 6.45. The van der Waals surface area contributed by atoms with E-state index < -0.39 is 0 Å². The molecule has 5 heteroatoms. The average molecular weight is 338 g/mol. The number of likely N-dealkylation sites (tertiary alicyclic amines) is 2. The molecule has 20 heavy (non-hydrogen) atoms. The molecule has 0 radical (unpaired) electrons. The molecule has 1 aromatic heterocycles. The molecule has 0 atom stereocenters. The van der Waals surface area contributed by atoms with Crippen molar-refractivity contribution in [3.8, 4) is 0 Å². The lowest BCUT2D eigenvalue weighted by Crippen LogP contribution is -2.45. The van der Waals surface area contributed by atoms with Gasteiger partial charge in [0.25, 0.3) is 5.91 Å². The van der Waals surface area contributed by atoms with E-state index in [0.717, 1.165) is 30.5 Å². The van der Waals surface area contributed by atoms with E-state index in [-0.39, 0.29) is 5.91 Å². The van der Waals surface area contributed by atoms with Gasteiger partial charge < -0.3 is 9.80 Å². The first kappa shape index (κ1) is 14.0. The van der Waals surface area contributed by atoms with Crippen LogP contribution in [0.25, 0.3) is 0 Å². The molecular formula is C15H20BrN3O. The summed E-state index contributed by atoms with van der Waals surface area (Å²) in [6.07, 6.45) is 6.54. The van der Waals surface area contributed by atoms with Crippen LogP contribution in [0.2, 0.25) is 0 Å². The van der Waals surface area contributed by atoms with Gasteiger partial charge in [-0.2, -0.15) is 0 Å². The molecule has 1 amide bonds. The van der Waals surface area contributed by atoms with Crippen LogP contribution >= 0.6 is 15.9 Å². The Labute approximate surface area is 128 Å². The number of pyridine rings is 1. The van der Waals surface area contributed by atoms with Crippen molar-refractivity contribution in [1.82, 2.24) is 14.8 Å². The van der Waals surface area contributed by atoms with Crippen molar-refractivity contribution in [2.24, 2.45) is 0 Å². The minimum Gasteiger partial charge on any atom is -0.338 e. The Morgan fingerprint density at radius 1 is 1.15 bits per heavy atom. The van der Waals surface area contributed by atoms with E-state index >= 15 is 0 Å². The van der Waals surface area contributed by atoms with E-state index in [1.54, 1.807) is 6.20 Å². The van der Waals surface area contributed by atoms with Gasteiger partial charge in [-0.05, 0) is 66.8 Å². The molecule has 0 bridgehead atoms. The van der Waals surface area contributed by atoms with Gasteiger partial charge in [0.2, 0.25) is 0 Å². The maximum absolute atomic E-state index is 12.4. The molecule has 0 spiro atoms. The third-order valence-electron chi connectivity index (χ3n) is 4.38. The number of aromatic nitrogens is 1.